The molecule has 0 aromatic carbocycles. The van der Waals surface area contributed by atoms with E-state index in [0.29, 0.717) is 0 Å². The maximum atomic E-state index is 12.9. The Hall–Kier alpha value is -3.35. The number of aromatic nitrogens is 6. The minimum atomic E-state index is -2.70. The molecule has 1 saturated heterocycles. The summed E-state index contributed by atoms with van der Waals surface area (Å²) in [5, 5.41) is 10.7. The molecule has 3 aromatic rings. The summed E-state index contributed by atoms with van der Waals surface area (Å²) in [6.07, 6.45) is 11.4. The second-order valence-electron chi connectivity index (χ2n) is 4.96. The Bertz CT molecular complexity index is 892. The van der Waals surface area contributed by atoms with Crippen molar-refractivity contribution in [3.05, 3.63) is 56.2 Å². The quantitative estimate of drug-likeness (QED) is 0.594. The van der Waals surface area contributed by atoms with E-state index in [1.165, 1.54) is 49.8 Å². The maximum Gasteiger partial charge on any atom is 0.424 e. The summed E-state index contributed by atoms with van der Waals surface area (Å²) in [7, 11) is 0. The molecule has 3 aromatic heterocycles. The molecule has 4 rings (SSSR count). The number of hydrogen-bond donors (Lipinski definition) is 1. The molecular weight excluding hydrogens is 336 g/mol. The van der Waals surface area contributed by atoms with Gasteiger partial charge in [0.05, 0.1) is 12.7 Å². The maximum absolute atomic E-state index is 12.9. The second kappa shape index (κ2) is 5.34. The molecule has 12 nitrogen and oxygen atoms in total. The fourth-order valence-corrected chi connectivity index (χ4v) is 2.26. The van der Waals surface area contributed by atoms with Gasteiger partial charge in [-0.05, 0) is 0 Å². The highest BCUT2D eigenvalue weighted by atomic mass is 17.3. The van der Waals surface area contributed by atoms with Crippen molar-refractivity contribution >= 4 is 11.9 Å². The third kappa shape index (κ3) is 2.16. The minimum Gasteiger partial charge on any atom is -0.339 e. The highest BCUT2D eigenvalue weighted by Gasteiger charge is 2.61. The topological polar surface area (TPSA) is 136 Å². The SMILES string of the molecule is O=C1OOC(C(=O)n2ccnc2)(n2ccnc2)OC1(O)n1ccnc1. The van der Waals surface area contributed by atoms with Crippen molar-refractivity contribution < 1.29 is 29.2 Å². The zero-order valence-electron chi connectivity index (χ0n) is 12.4. The van der Waals surface area contributed by atoms with Gasteiger partial charge in [-0.1, -0.05) is 0 Å². The van der Waals surface area contributed by atoms with Crippen molar-refractivity contribution in [2.24, 2.45) is 0 Å². The number of aliphatic hydroxyl groups is 1. The lowest BCUT2D eigenvalue weighted by atomic mass is 10.3. The Labute approximate surface area is 138 Å². The van der Waals surface area contributed by atoms with Crippen molar-refractivity contribution in [3.8, 4) is 0 Å². The second-order valence-corrected chi connectivity index (χ2v) is 4.96. The molecule has 12 heteroatoms. The number of rotatable bonds is 3. The van der Waals surface area contributed by atoms with Crippen molar-refractivity contribution in [1.82, 2.24) is 28.7 Å². The monoisotopic (exact) mass is 346 g/mol. The Balaban J connectivity index is 1.85. The summed E-state index contributed by atoms with van der Waals surface area (Å²) >= 11 is 0. The van der Waals surface area contributed by atoms with Crippen LogP contribution in [-0.2, 0) is 31.1 Å². The fraction of sp³-hybridized carbons (Fsp3) is 0.154. The predicted molar refractivity (Wildman–Crippen MR) is 73.7 cm³/mol. The van der Waals surface area contributed by atoms with Gasteiger partial charge in [0.1, 0.15) is 6.33 Å². The van der Waals surface area contributed by atoms with Gasteiger partial charge in [0.2, 0.25) is 0 Å². The van der Waals surface area contributed by atoms with E-state index >= 15 is 0 Å². The third-order valence-corrected chi connectivity index (χ3v) is 3.48. The number of imidazole rings is 3. The number of carbonyl (C=O) groups is 2. The lowest BCUT2D eigenvalue weighted by molar-refractivity contribution is -0.510. The van der Waals surface area contributed by atoms with Crippen LogP contribution in [0, 0.1) is 0 Å². The lowest BCUT2D eigenvalue weighted by Crippen LogP contribution is -2.62. The summed E-state index contributed by atoms with van der Waals surface area (Å²) in [5.41, 5.74) is 0. The molecule has 25 heavy (non-hydrogen) atoms. The van der Waals surface area contributed by atoms with E-state index in [-0.39, 0.29) is 0 Å². The van der Waals surface area contributed by atoms with Gasteiger partial charge in [0.15, 0.2) is 0 Å². The molecule has 0 aliphatic carbocycles. The molecule has 1 fully saturated rings. The Morgan fingerprint density at radius 3 is 2.24 bits per heavy atom. The van der Waals surface area contributed by atoms with Crippen LogP contribution in [0.15, 0.2) is 56.2 Å². The van der Waals surface area contributed by atoms with Gasteiger partial charge in [-0.25, -0.2) is 19.7 Å². The van der Waals surface area contributed by atoms with Crippen molar-refractivity contribution in [1.29, 1.82) is 0 Å². The molecule has 1 aliphatic rings. The highest BCUT2D eigenvalue weighted by molar-refractivity contribution is 5.85. The summed E-state index contributed by atoms with van der Waals surface area (Å²) in [6.45, 7) is 0. The molecule has 1 N–H and O–H groups in total. The molecule has 2 atom stereocenters. The zero-order chi connectivity index (χ0) is 17.5. The molecule has 1 aliphatic heterocycles. The van der Waals surface area contributed by atoms with Crippen molar-refractivity contribution in [2.45, 2.75) is 11.8 Å². The van der Waals surface area contributed by atoms with E-state index in [1.807, 2.05) is 0 Å². The number of hydrogen-bond acceptors (Lipinski definition) is 9. The lowest BCUT2D eigenvalue weighted by Gasteiger charge is -2.40. The van der Waals surface area contributed by atoms with Gasteiger partial charge in [-0.2, -0.15) is 0 Å². The standard InChI is InChI=1S/C13H10N6O6/c20-10(17-4-1-14-7-17)13(19-6-3-16-9-19)24-12(22,11(21)23-25-13)18-5-2-15-8-18/h1-9,22H. The molecule has 128 valence electrons. The minimum absolute atomic E-state index is 0.853. The van der Waals surface area contributed by atoms with E-state index in [0.717, 1.165) is 20.0 Å². The van der Waals surface area contributed by atoms with Crippen LogP contribution in [0.1, 0.15) is 4.79 Å². The smallest absolute Gasteiger partial charge is 0.339 e. The van der Waals surface area contributed by atoms with Crippen LogP contribution in [0.25, 0.3) is 0 Å². The Morgan fingerprint density at radius 2 is 1.64 bits per heavy atom. The van der Waals surface area contributed by atoms with Gasteiger partial charge >= 0.3 is 23.7 Å². The van der Waals surface area contributed by atoms with Crippen molar-refractivity contribution in [3.63, 3.8) is 0 Å². The van der Waals surface area contributed by atoms with Crippen LogP contribution in [0.4, 0.5) is 0 Å². The molecule has 0 radical (unpaired) electrons. The van der Waals surface area contributed by atoms with Crippen molar-refractivity contribution in [2.75, 3.05) is 0 Å². The van der Waals surface area contributed by atoms with Crippen LogP contribution in [0.3, 0.4) is 0 Å². The van der Waals surface area contributed by atoms with Crippen LogP contribution in [0.2, 0.25) is 0 Å². The number of ether oxygens (including phenoxy) is 1. The molecule has 0 saturated carbocycles. The van der Waals surface area contributed by atoms with E-state index < -0.39 is 23.7 Å². The highest BCUT2D eigenvalue weighted by Crippen LogP contribution is 2.36. The summed E-state index contributed by atoms with van der Waals surface area (Å²) < 4.78 is 8.50. The van der Waals surface area contributed by atoms with Crippen LogP contribution in [0.5, 0.6) is 0 Å². The Kier molecular flexibility index (Phi) is 3.24. The summed E-state index contributed by atoms with van der Waals surface area (Å²) in [6, 6.07) is 0. The van der Waals surface area contributed by atoms with Gasteiger partial charge < -0.3 is 5.11 Å². The van der Waals surface area contributed by atoms with Crippen LogP contribution < -0.4 is 0 Å². The van der Waals surface area contributed by atoms with E-state index in [1.54, 1.807) is 0 Å². The van der Waals surface area contributed by atoms with E-state index in [2.05, 4.69) is 19.8 Å². The van der Waals surface area contributed by atoms with Gasteiger partial charge in [0.25, 0.3) is 0 Å². The summed E-state index contributed by atoms with van der Waals surface area (Å²) in [4.78, 5) is 45.9. The van der Waals surface area contributed by atoms with Gasteiger partial charge in [0, 0.05) is 37.2 Å². The number of nitrogens with zero attached hydrogens (tertiary/aromatic N) is 6. The first-order chi connectivity index (χ1) is 12.1. The third-order valence-electron chi connectivity index (χ3n) is 3.48. The molecule has 2 unspecified atom stereocenters. The first-order valence-electron chi connectivity index (χ1n) is 6.88. The first-order valence-corrected chi connectivity index (χ1v) is 6.88. The average Bonchev–Trinajstić information content (AvgIpc) is 3.37. The van der Waals surface area contributed by atoms with Gasteiger partial charge in [-0.15, -0.1) is 4.89 Å². The molecule has 0 spiro atoms. The average molecular weight is 346 g/mol. The normalized spacial score (nSPS) is 26.4. The van der Waals surface area contributed by atoms with Gasteiger partial charge in [-0.3, -0.25) is 28.1 Å². The van der Waals surface area contributed by atoms with E-state index in [9.17, 15) is 14.7 Å². The largest absolute Gasteiger partial charge is 0.424 e. The van der Waals surface area contributed by atoms with Crippen LogP contribution in [-0.4, -0.2) is 45.6 Å². The first kappa shape index (κ1) is 15.2. The summed E-state index contributed by atoms with van der Waals surface area (Å²) in [5.74, 6) is -7.23. The van der Waals surface area contributed by atoms with E-state index in [4.69, 9.17) is 9.62 Å². The van der Waals surface area contributed by atoms with Crippen LogP contribution >= 0.6 is 0 Å². The molecule has 0 bridgehead atoms. The fourth-order valence-electron chi connectivity index (χ4n) is 2.26. The Morgan fingerprint density at radius 1 is 1.00 bits per heavy atom. The molecule has 0 amide bonds. The predicted octanol–water partition coefficient (Wildman–Crippen LogP) is -0.965. The molecular formula is C13H10N6O6. The zero-order valence-corrected chi connectivity index (χ0v) is 12.4. The molecule has 4 heterocycles. The number of carbonyl (C=O) groups excluding carboxylic acids is 2.